The first-order valence-corrected chi connectivity index (χ1v) is 3.86. The van der Waals surface area contributed by atoms with Gasteiger partial charge >= 0.3 is 0 Å². The van der Waals surface area contributed by atoms with Crippen LogP contribution < -0.4 is 11.5 Å². The van der Waals surface area contributed by atoms with Gasteiger partial charge in [0.05, 0.1) is 11.3 Å². The minimum absolute atomic E-state index is 0.0989. The Balaban J connectivity index is 3.37. The average Bonchev–Trinajstić information content (AvgIpc) is 1.96. The molecule has 1 amide bonds. The molecular formula is C7H6BrFN2O. The van der Waals surface area contributed by atoms with Crippen molar-refractivity contribution in [3.63, 3.8) is 0 Å². The first-order valence-electron chi connectivity index (χ1n) is 3.06. The normalized spacial score (nSPS) is 9.83. The maximum Gasteiger partial charge on any atom is 0.251 e. The molecule has 3 nitrogen and oxygen atoms in total. The minimum Gasteiger partial charge on any atom is -0.396 e. The second-order valence-electron chi connectivity index (χ2n) is 2.22. The quantitative estimate of drug-likeness (QED) is 0.717. The summed E-state index contributed by atoms with van der Waals surface area (Å²) in [4.78, 5) is 10.6. The summed E-state index contributed by atoms with van der Waals surface area (Å²) in [5, 5.41) is 0. The van der Waals surface area contributed by atoms with Gasteiger partial charge in [0.1, 0.15) is 0 Å². The van der Waals surface area contributed by atoms with Gasteiger partial charge in [0, 0.05) is 4.47 Å². The summed E-state index contributed by atoms with van der Waals surface area (Å²) < 4.78 is 13.5. The molecule has 12 heavy (non-hydrogen) atoms. The minimum atomic E-state index is -0.833. The Morgan fingerprint density at radius 3 is 2.58 bits per heavy atom. The largest absolute Gasteiger partial charge is 0.396 e. The smallest absolute Gasteiger partial charge is 0.251 e. The van der Waals surface area contributed by atoms with Crippen LogP contribution in [0, 0.1) is 5.82 Å². The molecule has 0 aliphatic rings. The van der Waals surface area contributed by atoms with E-state index in [4.69, 9.17) is 11.5 Å². The van der Waals surface area contributed by atoms with Crippen LogP contribution in [0.15, 0.2) is 16.6 Å². The highest BCUT2D eigenvalue weighted by Gasteiger charge is 2.11. The van der Waals surface area contributed by atoms with Crippen LogP contribution in [0.4, 0.5) is 10.1 Å². The summed E-state index contributed by atoms with van der Waals surface area (Å²) in [5.41, 5.74) is 9.84. The number of rotatable bonds is 1. The van der Waals surface area contributed by atoms with Gasteiger partial charge in [-0.2, -0.15) is 0 Å². The standard InChI is InChI=1S/C7H6BrFN2O/c8-3-1-4(7(11)12)6(9)5(10)2-3/h1-2H,10H2,(H2,11,12). The first kappa shape index (κ1) is 8.99. The molecule has 0 aliphatic carbocycles. The maximum absolute atomic E-state index is 13.0. The van der Waals surface area contributed by atoms with E-state index in [9.17, 15) is 9.18 Å². The van der Waals surface area contributed by atoms with Crippen LogP contribution in [0.25, 0.3) is 0 Å². The number of benzene rings is 1. The van der Waals surface area contributed by atoms with E-state index in [1.807, 2.05) is 0 Å². The van der Waals surface area contributed by atoms with Crippen LogP contribution in [0.2, 0.25) is 0 Å². The highest BCUT2D eigenvalue weighted by atomic mass is 79.9. The van der Waals surface area contributed by atoms with Gasteiger partial charge in [0.2, 0.25) is 0 Å². The second kappa shape index (κ2) is 3.10. The van der Waals surface area contributed by atoms with Crippen LogP contribution in [0.3, 0.4) is 0 Å². The Labute approximate surface area is 76.7 Å². The van der Waals surface area contributed by atoms with E-state index >= 15 is 0 Å². The number of halogens is 2. The predicted octanol–water partition coefficient (Wildman–Crippen LogP) is 1.27. The third kappa shape index (κ3) is 1.55. The molecule has 0 unspecified atom stereocenters. The Hall–Kier alpha value is -1.10. The van der Waals surface area contributed by atoms with Gasteiger partial charge in [0.25, 0.3) is 5.91 Å². The SMILES string of the molecule is NC(=O)c1cc(Br)cc(N)c1F. The summed E-state index contributed by atoms with van der Waals surface area (Å²) in [7, 11) is 0. The summed E-state index contributed by atoms with van der Waals surface area (Å²) >= 11 is 3.06. The van der Waals surface area contributed by atoms with Gasteiger partial charge in [-0.1, -0.05) is 15.9 Å². The fourth-order valence-electron chi connectivity index (χ4n) is 0.790. The van der Waals surface area contributed by atoms with Crippen molar-refractivity contribution in [3.05, 3.63) is 28.0 Å². The van der Waals surface area contributed by atoms with Crippen LogP contribution in [-0.2, 0) is 0 Å². The molecule has 0 aromatic heterocycles. The van der Waals surface area contributed by atoms with Crippen molar-refractivity contribution in [1.82, 2.24) is 0 Å². The van der Waals surface area contributed by atoms with E-state index in [0.717, 1.165) is 0 Å². The lowest BCUT2D eigenvalue weighted by atomic mass is 10.2. The molecule has 1 rings (SSSR count). The number of hydrogen-bond donors (Lipinski definition) is 2. The van der Waals surface area contributed by atoms with E-state index in [1.165, 1.54) is 12.1 Å². The van der Waals surface area contributed by atoms with Crippen molar-refractivity contribution < 1.29 is 9.18 Å². The second-order valence-corrected chi connectivity index (χ2v) is 3.14. The molecule has 0 aliphatic heterocycles. The van der Waals surface area contributed by atoms with Gasteiger partial charge in [-0.3, -0.25) is 4.79 Å². The van der Waals surface area contributed by atoms with E-state index in [-0.39, 0.29) is 11.3 Å². The van der Waals surface area contributed by atoms with Gasteiger partial charge in [-0.05, 0) is 12.1 Å². The van der Waals surface area contributed by atoms with Crippen molar-refractivity contribution >= 4 is 27.5 Å². The summed E-state index contributed by atoms with van der Waals surface area (Å²) in [6.45, 7) is 0. The topological polar surface area (TPSA) is 69.1 Å². The molecule has 0 fully saturated rings. The molecule has 0 saturated heterocycles. The number of nitrogen functional groups attached to an aromatic ring is 1. The maximum atomic E-state index is 13.0. The lowest BCUT2D eigenvalue weighted by Gasteiger charge is -2.02. The number of anilines is 1. The van der Waals surface area contributed by atoms with Crippen molar-refractivity contribution in [2.75, 3.05) is 5.73 Å². The molecule has 1 aromatic rings. The summed E-state index contributed by atoms with van der Waals surface area (Å²) in [6, 6.07) is 2.65. The monoisotopic (exact) mass is 232 g/mol. The van der Waals surface area contributed by atoms with E-state index in [0.29, 0.717) is 4.47 Å². The Morgan fingerprint density at radius 2 is 2.08 bits per heavy atom. The molecule has 0 saturated carbocycles. The van der Waals surface area contributed by atoms with Gasteiger partial charge < -0.3 is 11.5 Å². The number of carbonyl (C=O) groups is 1. The number of primary amides is 1. The molecule has 0 heterocycles. The van der Waals surface area contributed by atoms with Crippen molar-refractivity contribution in [3.8, 4) is 0 Å². The number of hydrogen-bond acceptors (Lipinski definition) is 2. The molecule has 0 atom stereocenters. The molecule has 64 valence electrons. The van der Waals surface area contributed by atoms with Crippen LogP contribution in [0.5, 0.6) is 0 Å². The van der Waals surface area contributed by atoms with Crippen molar-refractivity contribution in [1.29, 1.82) is 0 Å². The number of carbonyl (C=O) groups excluding carboxylic acids is 1. The number of nitrogens with two attached hydrogens (primary N) is 2. The number of amides is 1. The fraction of sp³-hybridized carbons (Fsp3) is 0. The van der Waals surface area contributed by atoms with Crippen LogP contribution >= 0.6 is 15.9 Å². The van der Waals surface area contributed by atoms with E-state index in [1.54, 1.807) is 0 Å². The van der Waals surface area contributed by atoms with E-state index < -0.39 is 11.7 Å². The zero-order valence-corrected chi connectivity index (χ0v) is 7.56. The Bertz CT molecular complexity index is 340. The highest BCUT2D eigenvalue weighted by molar-refractivity contribution is 9.10. The van der Waals surface area contributed by atoms with Gasteiger partial charge in [0.15, 0.2) is 5.82 Å². The van der Waals surface area contributed by atoms with Crippen LogP contribution in [0.1, 0.15) is 10.4 Å². The van der Waals surface area contributed by atoms with Crippen molar-refractivity contribution in [2.45, 2.75) is 0 Å². The zero-order valence-electron chi connectivity index (χ0n) is 5.97. The van der Waals surface area contributed by atoms with E-state index in [2.05, 4.69) is 15.9 Å². The lowest BCUT2D eigenvalue weighted by molar-refractivity contribution is 0.0996. The molecular weight excluding hydrogens is 227 g/mol. The average molecular weight is 233 g/mol. The lowest BCUT2D eigenvalue weighted by Crippen LogP contribution is -2.14. The van der Waals surface area contributed by atoms with Crippen molar-refractivity contribution in [2.24, 2.45) is 5.73 Å². The highest BCUT2D eigenvalue weighted by Crippen LogP contribution is 2.21. The predicted molar refractivity (Wildman–Crippen MR) is 47.0 cm³/mol. The molecule has 0 spiro atoms. The molecule has 4 N–H and O–H groups in total. The fourth-order valence-corrected chi connectivity index (χ4v) is 1.27. The third-order valence-corrected chi connectivity index (χ3v) is 1.79. The van der Waals surface area contributed by atoms with Gasteiger partial charge in [-0.25, -0.2) is 4.39 Å². The summed E-state index contributed by atoms with van der Waals surface area (Å²) in [6.07, 6.45) is 0. The molecule has 0 bridgehead atoms. The zero-order chi connectivity index (χ0) is 9.30. The first-order chi connectivity index (χ1) is 5.52. The molecule has 0 radical (unpaired) electrons. The van der Waals surface area contributed by atoms with Gasteiger partial charge in [-0.15, -0.1) is 0 Å². The Morgan fingerprint density at radius 1 is 1.50 bits per heavy atom. The van der Waals surface area contributed by atoms with Crippen LogP contribution in [-0.4, -0.2) is 5.91 Å². The third-order valence-electron chi connectivity index (χ3n) is 1.33. The molecule has 5 heteroatoms. The molecule has 1 aromatic carbocycles. The Kier molecular flexibility index (Phi) is 2.32. The summed E-state index contributed by atoms with van der Waals surface area (Å²) in [5.74, 6) is -1.61.